The van der Waals surface area contributed by atoms with Gasteiger partial charge in [0.2, 0.25) is 11.8 Å². The molecular formula is C11H19N3O3. The standard InChI is InChI=1S/C11H19N3O3/c1-3-4-9-13-11(17-14-9)6-5-10(16)12-8(2)7-15/h8,15H,3-7H2,1-2H3,(H,12,16)/t8-/m0/s1. The Kier molecular flexibility index (Phi) is 5.62. The minimum absolute atomic E-state index is 0.0626. The minimum atomic E-state index is -0.221. The molecule has 0 aliphatic carbocycles. The Bertz CT molecular complexity index is 351. The number of rotatable bonds is 7. The Morgan fingerprint density at radius 3 is 2.94 bits per heavy atom. The Labute approximate surface area is 100 Å². The second-order valence-electron chi connectivity index (χ2n) is 4.01. The number of nitrogens with zero attached hydrogens (tertiary/aromatic N) is 2. The van der Waals surface area contributed by atoms with E-state index in [-0.39, 0.29) is 25.0 Å². The van der Waals surface area contributed by atoms with E-state index in [0.29, 0.717) is 18.1 Å². The van der Waals surface area contributed by atoms with E-state index in [2.05, 4.69) is 15.5 Å². The van der Waals surface area contributed by atoms with Gasteiger partial charge in [-0.1, -0.05) is 12.1 Å². The zero-order chi connectivity index (χ0) is 12.7. The van der Waals surface area contributed by atoms with Gasteiger partial charge in [0.05, 0.1) is 6.61 Å². The summed E-state index contributed by atoms with van der Waals surface area (Å²) in [6.07, 6.45) is 2.48. The number of carbonyl (C=O) groups is 1. The number of hydrogen-bond acceptors (Lipinski definition) is 5. The molecule has 0 radical (unpaired) electrons. The molecule has 96 valence electrons. The highest BCUT2D eigenvalue weighted by molar-refractivity contribution is 5.76. The molecule has 1 atom stereocenters. The molecule has 1 aromatic rings. The molecule has 0 saturated heterocycles. The Balaban J connectivity index is 2.31. The molecule has 1 rings (SSSR count). The monoisotopic (exact) mass is 241 g/mol. The molecule has 2 N–H and O–H groups in total. The van der Waals surface area contributed by atoms with Crippen LogP contribution in [0.1, 0.15) is 38.4 Å². The SMILES string of the molecule is CCCc1noc(CCC(=O)N[C@@H](C)CO)n1. The van der Waals surface area contributed by atoms with E-state index < -0.39 is 0 Å². The van der Waals surface area contributed by atoms with Gasteiger partial charge in [-0.15, -0.1) is 0 Å². The van der Waals surface area contributed by atoms with Crippen molar-refractivity contribution in [1.82, 2.24) is 15.5 Å². The molecule has 0 aliphatic heterocycles. The van der Waals surface area contributed by atoms with E-state index in [1.54, 1.807) is 6.92 Å². The van der Waals surface area contributed by atoms with Crippen LogP contribution in [-0.4, -0.2) is 33.8 Å². The molecular weight excluding hydrogens is 222 g/mol. The molecule has 0 bridgehead atoms. The average molecular weight is 241 g/mol. The van der Waals surface area contributed by atoms with Gasteiger partial charge < -0.3 is 14.9 Å². The van der Waals surface area contributed by atoms with Crippen LogP contribution in [0.15, 0.2) is 4.52 Å². The number of aromatic nitrogens is 2. The van der Waals surface area contributed by atoms with Crippen molar-refractivity contribution in [3.8, 4) is 0 Å². The molecule has 1 aromatic heterocycles. The summed E-state index contributed by atoms with van der Waals surface area (Å²) >= 11 is 0. The summed E-state index contributed by atoms with van der Waals surface area (Å²) in [5.74, 6) is 1.05. The normalized spacial score (nSPS) is 12.4. The quantitative estimate of drug-likeness (QED) is 0.723. The average Bonchev–Trinajstić information content (AvgIpc) is 2.74. The molecule has 17 heavy (non-hydrogen) atoms. The predicted molar refractivity (Wildman–Crippen MR) is 61.3 cm³/mol. The number of amides is 1. The molecule has 1 heterocycles. The first-order valence-corrected chi connectivity index (χ1v) is 5.87. The lowest BCUT2D eigenvalue weighted by molar-refractivity contribution is -0.122. The number of carbonyl (C=O) groups excluding carboxylic acids is 1. The Hall–Kier alpha value is -1.43. The largest absolute Gasteiger partial charge is 0.394 e. The third kappa shape index (κ3) is 4.95. The number of aliphatic hydroxyl groups is 1. The lowest BCUT2D eigenvalue weighted by Gasteiger charge is -2.09. The smallest absolute Gasteiger partial charge is 0.227 e. The Morgan fingerprint density at radius 1 is 1.53 bits per heavy atom. The van der Waals surface area contributed by atoms with E-state index in [1.165, 1.54) is 0 Å². The first-order valence-electron chi connectivity index (χ1n) is 5.87. The first-order chi connectivity index (χ1) is 8.15. The molecule has 6 heteroatoms. The van der Waals surface area contributed by atoms with Crippen molar-refractivity contribution in [3.63, 3.8) is 0 Å². The lowest BCUT2D eigenvalue weighted by Crippen LogP contribution is -2.35. The lowest BCUT2D eigenvalue weighted by atomic mass is 10.2. The van der Waals surface area contributed by atoms with Crippen LogP contribution in [0.25, 0.3) is 0 Å². The fourth-order valence-electron chi connectivity index (χ4n) is 1.33. The van der Waals surface area contributed by atoms with Crippen LogP contribution >= 0.6 is 0 Å². The van der Waals surface area contributed by atoms with Gasteiger partial charge in [-0.2, -0.15) is 4.98 Å². The highest BCUT2D eigenvalue weighted by Gasteiger charge is 2.10. The Morgan fingerprint density at radius 2 is 2.29 bits per heavy atom. The zero-order valence-corrected chi connectivity index (χ0v) is 10.3. The van der Waals surface area contributed by atoms with Crippen molar-refractivity contribution in [2.24, 2.45) is 0 Å². The van der Waals surface area contributed by atoms with Crippen molar-refractivity contribution < 1.29 is 14.4 Å². The van der Waals surface area contributed by atoms with Gasteiger partial charge in [0.25, 0.3) is 0 Å². The topological polar surface area (TPSA) is 88.2 Å². The van der Waals surface area contributed by atoms with Gasteiger partial charge in [0.1, 0.15) is 0 Å². The number of aliphatic hydroxyl groups excluding tert-OH is 1. The summed E-state index contributed by atoms with van der Waals surface area (Å²) in [6.45, 7) is 3.72. The van der Waals surface area contributed by atoms with E-state index in [1.807, 2.05) is 6.92 Å². The van der Waals surface area contributed by atoms with Gasteiger partial charge in [-0.05, 0) is 13.3 Å². The maximum Gasteiger partial charge on any atom is 0.227 e. The van der Waals surface area contributed by atoms with Crippen molar-refractivity contribution in [3.05, 3.63) is 11.7 Å². The predicted octanol–water partition coefficient (Wildman–Crippen LogP) is 0.452. The maximum absolute atomic E-state index is 11.4. The molecule has 6 nitrogen and oxygen atoms in total. The van der Waals surface area contributed by atoms with E-state index in [4.69, 9.17) is 9.63 Å². The summed E-state index contributed by atoms with van der Waals surface area (Å²) in [4.78, 5) is 15.6. The van der Waals surface area contributed by atoms with Crippen LogP contribution in [0, 0.1) is 0 Å². The number of nitrogens with one attached hydrogen (secondary N) is 1. The molecule has 0 aromatic carbocycles. The van der Waals surface area contributed by atoms with E-state index in [9.17, 15) is 4.79 Å². The van der Waals surface area contributed by atoms with E-state index >= 15 is 0 Å². The van der Waals surface area contributed by atoms with Crippen LogP contribution in [0.4, 0.5) is 0 Å². The van der Waals surface area contributed by atoms with Gasteiger partial charge in [-0.25, -0.2) is 0 Å². The van der Waals surface area contributed by atoms with Crippen LogP contribution in [0.3, 0.4) is 0 Å². The van der Waals surface area contributed by atoms with Gasteiger partial charge in [0.15, 0.2) is 5.82 Å². The van der Waals surface area contributed by atoms with Gasteiger partial charge >= 0.3 is 0 Å². The molecule has 0 aliphatic rings. The van der Waals surface area contributed by atoms with Crippen molar-refractivity contribution >= 4 is 5.91 Å². The first kappa shape index (κ1) is 13.6. The number of aryl methyl sites for hydroxylation is 2. The molecule has 0 unspecified atom stereocenters. The third-order valence-corrected chi connectivity index (χ3v) is 2.23. The zero-order valence-electron chi connectivity index (χ0n) is 10.3. The summed E-state index contributed by atoms with van der Waals surface area (Å²) in [6, 6.07) is -0.221. The molecule has 0 spiro atoms. The summed E-state index contributed by atoms with van der Waals surface area (Å²) in [5, 5.41) is 15.2. The fraction of sp³-hybridized carbons (Fsp3) is 0.727. The van der Waals surface area contributed by atoms with Crippen LogP contribution in [0.5, 0.6) is 0 Å². The van der Waals surface area contributed by atoms with Gasteiger partial charge in [-0.3, -0.25) is 4.79 Å². The van der Waals surface area contributed by atoms with Crippen LogP contribution < -0.4 is 5.32 Å². The summed E-state index contributed by atoms with van der Waals surface area (Å²) in [5.41, 5.74) is 0. The van der Waals surface area contributed by atoms with Crippen LogP contribution in [-0.2, 0) is 17.6 Å². The second-order valence-corrected chi connectivity index (χ2v) is 4.01. The van der Waals surface area contributed by atoms with Crippen molar-refractivity contribution in [2.75, 3.05) is 6.61 Å². The summed E-state index contributed by atoms with van der Waals surface area (Å²) < 4.78 is 5.01. The summed E-state index contributed by atoms with van der Waals surface area (Å²) in [7, 11) is 0. The molecule has 0 fully saturated rings. The third-order valence-electron chi connectivity index (χ3n) is 2.23. The van der Waals surface area contributed by atoms with E-state index in [0.717, 1.165) is 12.8 Å². The maximum atomic E-state index is 11.4. The molecule has 1 amide bonds. The van der Waals surface area contributed by atoms with Crippen LogP contribution in [0.2, 0.25) is 0 Å². The van der Waals surface area contributed by atoms with Gasteiger partial charge in [0, 0.05) is 25.3 Å². The molecule has 0 saturated carbocycles. The van der Waals surface area contributed by atoms with Crippen molar-refractivity contribution in [2.45, 2.75) is 45.6 Å². The highest BCUT2D eigenvalue weighted by Crippen LogP contribution is 2.03. The number of hydrogen-bond donors (Lipinski definition) is 2. The minimum Gasteiger partial charge on any atom is -0.394 e. The van der Waals surface area contributed by atoms with Crippen molar-refractivity contribution in [1.29, 1.82) is 0 Å². The fourth-order valence-corrected chi connectivity index (χ4v) is 1.33. The second kappa shape index (κ2) is 7.01. The highest BCUT2D eigenvalue weighted by atomic mass is 16.5.